The molecule has 0 spiro atoms. The quantitative estimate of drug-likeness (QED) is 0.742. The molecule has 3 aromatic rings. The Bertz CT molecular complexity index is 896. The smallest absolute Gasteiger partial charge is 0.257 e. The van der Waals surface area contributed by atoms with Crippen LogP contribution >= 0.6 is 11.6 Å². The number of hydrogen-bond donors (Lipinski definition) is 1. The third kappa shape index (κ3) is 3.24. The summed E-state index contributed by atoms with van der Waals surface area (Å²) in [5.74, 6) is 0.897. The third-order valence-corrected chi connectivity index (χ3v) is 3.65. The maximum Gasteiger partial charge on any atom is 0.257 e. The lowest BCUT2D eigenvalue weighted by molar-refractivity contribution is 0.102. The van der Waals surface area contributed by atoms with Crippen LogP contribution in [0, 0.1) is 6.92 Å². The molecule has 6 heteroatoms. The molecule has 1 aromatic carbocycles. The van der Waals surface area contributed by atoms with Gasteiger partial charge < -0.3 is 10.1 Å². The second-order valence-electron chi connectivity index (χ2n) is 5.01. The Kier molecular flexibility index (Phi) is 4.12. The van der Waals surface area contributed by atoms with Crippen molar-refractivity contribution in [2.24, 2.45) is 0 Å². The van der Waals surface area contributed by atoms with Crippen LogP contribution in [0.5, 0.6) is 5.75 Å². The first-order valence-electron chi connectivity index (χ1n) is 6.96. The molecular weight excluding hydrogens is 314 g/mol. The number of aryl methyl sites for hydroxylation is 1. The van der Waals surface area contributed by atoms with Crippen molar-refractivity contribution in [3.63, 3.8) is 0 Å². The van der Waals surface area contributed by atoms with Gasteiger partial charge in [0.1, 0.15) is 16.7 Å². The molecule has 0 aliphatic rings. The van der Waals surface area contributed by atoms with Gasteiger partial charge in [0.2, 0.25) is 0 Å². The maximum absolute atomic E-state index is 12.4. The molecule has 1 N–H and O–H groups in total. The number of pyridine rings is 2. The molecule has 0 saturated carbocycles. The van der Waals surface area contributed by atoms with Crippen LogP contribution in [0.3, 0.4) is 0 Å². The van der Waals surface area contributed by atoms with E-state index in [0.717, 1.165) is 10.9 Å². The van der Waals surface area contributed by atoms with Crippen molar-refractivity contribution in [2.75, 3.05) is 12.4 Å². The minimum Gasteiger partial charge on any atom is -0.497 e. The number of ether oxygens (including phenoxy) is 1. The first-order valence-corrected chi connectivity index (χ1v) is 7.34. The number of carbonyl (C=O) groups excluding carboxylic acids is 1. The lowest BCUT2D eigenvalue weighted by Crippen LogP contribution is -2.14. The van der Waals surface area contributed by atoms with E-state index < -0.39 is 0 Å². The van der Waals surface area contributed by atoms with E-state index in [0.29, 0.717) is 27.9 Å². The number of anilines is 1. The van der Waals surface area contributed by atoms with E-state index in [1.54, 1.807) is 31.4 Å². The Morgan fingerprint density at radius 1 is 1.13 bits per heavy atom. The largest absolute Gasteiger partial charge is 0.497 e. The topological polar surface area (TPSA) is 64.1 Å². The number of methoxy groups -OCH3 is 1. The molecule has 3 rings (SSSR count). The molecular formula is C17H14ClN3O2. The van der Waals surface area contributed by atoms with Crippen molar-refractivity contribution in [1.29, 1.82) is 0 Å². The average Bonchev–Trinajstić information content (AvgIpc) is 2.54. The van der Waals surface area contributed by atoms with Gasteiger partial charge in [-0.05, 0) is 55.0 Å². The standard InChI is InChI=1S/C17H14ClN3O2/c1-10-9-12(23-2)5-6-13(10)17(22)21-15-8-4-11-3-7-14(18)19-16(11)20-15/h3-9H,1-2H3,(H,19,20,21,22). The van der Waals surface area contributed by atoms with E-state index in [1.165, 1.54) is 0 Å². The zero-order chi connectivity index (χ0) is 16.4. The van der Waals surface area contributed by atoms with Crippen molar-refractivity contribution in [2.45, 2.75) is 6.92 Å². The minimum absolute atomic E-state index is 0.237. The van der Waals surface area contributed by atoms with Crippen LogP contribution in [0.25, 0.3) is 11.0 Å². The van der Waals surface area contributed by atoms with Gasteiger partial charge in [-0.3, -0.25) is 4.79 Å². The van der Waals surface area contributed by atoms with Gasteiger partial charge in [0.15, 0.2) is 5.65 Å². The number of nitrogens with zero attached hydrogens (tertiary/aromatic N) is 2. The first kappa shape index (κ1) is 15.2. The van der Waals surface area contributed by atoms with Gasteiger partial charge in [0.05, 0.1) is 7.11 Å². The van der Waals surface area contributed by atoms with Gasteiger partial charge in [0.25, 0.3) is 5.91 Å². The summed E-state index contributed by atoms with van der Waals surface area (Å²) < 4.78 is 5.14. The predicted molar refractivity (Wildman–Crippen MR) is 90.2 cm³/mol. The zero-order valence-electron chi connectivity index (χ0n) is 12.6. The van der Waals surface area contributed by atoms with Crippen LogP contribution in [0.2, 0.25) is 5.15 Å². The Morgan fingerprint density at radius 3 is 2.65 bits per heavy atom. The first-order chi connectivity index (χ1) is 11.1. The predicted octanol–water partition coefficient (Wildman–Crippen LogP) is 3.85. The third-order valence-electron chi connectivity index (χ3n) is 3.44. The van der Waals surface area contributed by atoms with Gasteiger partial charge in [0, 0.05) is 10.9 Å². The van der Waals surface area contributed by atoms with Crippen molar-refractivity contribution in [3.8, 4) is 5.75 Å². The van der Waals surface area contributed by atoms with Crippen molar-refractivity contribution in [3.05, 3.63) is 58.7 Å². The average molecular weight is 328 g/mol. The Morgan fingerprint density at radius 2 is 1.91 bits per heavy atom. The van der Waals surface area contributed by atoms with Crippen LogP contribution < -0.4 is 10.1 Å². The van der Waals surface area contributed by atoms with Gasteiger partial charge in [-0.15, -0.1) is 0 Å². The monoisotopic (exact) mass is 327 g/mol. The SMILES string of the molecule is COc1ccc(C(=O)Nc2ccc3ccc(Cl)nc3n2)c(C)c1. The summed E-state index contributed by atoms with van der Waals surface area (Å²) in [6.45, 7) is 1.85. The van der Waals surface area contributed by atoms with E-state index in [-0.39, 0.29) is 5.91 Å². The molecule has 116 valence electrons. The number of carbonyl (C=O) groups is 1. The lowest BCUT2D eigenvalue weighted by atomic mass is 10.1. The molecule has 0 aliphatic heterocycles. The Labute approximate surface area is 138 Å². The van der Waals surface area contributed by atoms with E-state index >= 15 is 0 Å². The molecule has 0 unspecified atom stereocenters. The molecule has 1 amide bonds. The molecule has 0 atom stereocenters. The summed E-state index contributed by atoms with van der Waals surface area (Å²) in [5.41, 5.74) is 1.87. The van der Waals surface area contributed by atoms with Gasteiger partial charge in [-0.1, -0.05) is 11.6 Å². The number of halogens is 1. The Hall–Kier alpha value is -2.66. The fourth-order valence-corrected chi connectivity index (χ4v) is 2.39. The fourth-order valence-electron chi connectivity index (χ4n) is 2.25. The molecule has 0 radical (unpaired) electrons. The molecule has 0 aliphatic carbocycles. The van der Waals surface area contributed by atoms with Gasteiger partial charge >= 0.3 is 0 Å². The van der Waals surface area contributed by atoms with E-state index in [1.807, 2.05) is 25.1 Å². The van der Waals surface area contributed by atoms with E-state index in [9.17, 15) is 4.79 Å². The molecule has 0 bridgehead atoms. The summed E-state index contributed by atoms with van der Waals surface area (Å²) in [6, 6.07) is 12.4. The second-order valence-corrected chi connectivity index (χ2v) is 5.40. The van der Waals surface area contributed by atoms with Gasteiger partial charge in [-0.2, -0.15) is 0 Å². The summed E-state index contributed by atoms with van der Waals surface area (Å²) in [4.78, 5) is 20.9. The number of amides is 1. The fraction of sp³-hybridized carbons (Fsp3) is 0.118. The highest BCUT2D eigenvalue weighted by atomic mass is 35.5. The maximum atomic E-state index is 12.4. The van der Waals surface area contributed by atoms with Gasteiger partial charge in [-0.25, -0.2) is 9.97 Å². The van der Waals surface area contributed by atoms with Crippen molar-refractivity contribution in [1.82, 2.24) is 9.97 Å². The number of nitrogens with one attached hydrogen (secondary N) is 1. The molecule has 2 aromatic heterocycles. The summed E-state index contributed by atoms with van der Waals surface area (Å²) in [5, 5.41) is 3.99. The number of rotatable bonds is 3. The minimum atomic E-state index is -0.237. The van der Waals surface area contributed by atoms with Crippen LogP contribution in [0.1, 0.15) is 15.9 Å². The van der Waals surface area contributed by atoms with Crippen LogP contribution in [0.4, 0.5) is 5.82 Å². The lowest BCUT2D eigenvalue weighted by Gasteiger charge is -2.09. The van der Waals surface area contributed by atoms with Crippen LogP contribution in [0.15, 0.2) is 42.5 Å². The van der Waals surface area contributed by atoms with E-state index in [2.05, 4.69) is 15.3 Å². The van der Waals surface area contributed by atoms with Crippen LogP contribution in [-0.4, -0.2) is 23.0 Å². The molecule has 2 heterocycles. The zero-order valence-corrected chi connectivity index (χ0v) is 13.4. The summed E-state index contributed by atoms with van der Waals surface area (Å²) >= 11 is 5.87. The number of hydrogen-bond acceptors (Lipinski definition) is 4. The number of benzene rings is 1. The second kappa shape index (κ2) is 6.22. The highest BCUT2D eigenvalue weighted by molar-refractivity contribution is 6.29. The molecule has 5 nitrogen and oxygen atoms in total. The molecule has 0 fully saturated rings. The normalized spacial score (nSPS) is 10.6. The van der Waals surface area contributed by atoms with E-state index in [4.69, 9.17) is 16.3 Å². The van der Waals surface area contributed by atoms with Crippen molar-refractivity contribution >= 4 is 34.4 Å². The van der Waals surface area contributed by atoms with Crippen molar-refractivity contribution < 1.29 is 9.53 Å². The number of fused-ring (bicyclic) bond motifs is 1. The molecule has 23 heavy (non-hydrogen) atoms. The van der Waals surface area contributed by atoms with Crippen LogP contribution in [-0.2, 0) is 0 Å². The highest BCUT2D eigenvalue weighted by Crippen LogP contribution is 2.19. The summed E-state index contributed by atoms with van der Waals surface area (Å²) in [7, 11) is 1.59. The molecule has 0 saturated heterocycles. The Balaban J connectivity index is 1.87. The number of aromatic nitrogens is 2. The summed E-state index contributed by atoms with van der Waals surface area (Å²) in [6.07, 6.45) is 0. The highest BCUT2D eigenvalue weighted by Gasteiger charge is 2.11.